The maximum absolute atomic E-state index is 11.8. The number of hydrogen-bond acceptors (Lipinski definition) is 2. The Bertz CT molecular complexity index is 265. The van der Waals surface area contributed by atoms with E-state index in [9.17, 15) is 9.59 Å². The average molecular weight is 305 g/mol. The van der Waals surface area contributed by atoms with E-state index in [0.717, 1.165) is 44.1 Å². The molecule has 0 spiro atoms. The Morgan fingerprint density at radius 2 is 1.88 bits per heavy atom. The van der Waals surface area contributed by atoms with Gasteiger partial charge < -0.3 is 9.80 Å². The van der Waals surface area contributed by atoms with Gasteiger partial charge in [-0.25, -0.2) is 0 Å². The van der Waals surface area contributed by atoms with Crippen LogP contribution in [0.5, 0.6) is 0 Å². The van der Waals surface area contributed by atoms with Crippen molar-refractivity contribution in [3.63, 3.8) is 0 Å². The topological polar surface area (TPSA) is 40.6 Å². The van der Waals surface area contributed by atoms with Gasteiger partial charge in [0.2, 0.25) is 11.8 Å². The predicted molar refractivity (Wildman–Crippen MR) is 71.1 cm³/mol. The van der Waals surface area contributed by atoms with Crippen LogP contribution in [0.1, 0.15) is 32.1 Å². The van der Waals surface area contributed by atoms with Crippen LogP contribution in [-0.4, -0.2) is 53.6 Å². The lowest BCUT2D eigenvalue weighted by Gasteiger charge is -2.21. The molecule has 0 aromatic heterocycles. The second-order valence-corrected chi connectivity index (χ2v) is 5.28. The van der Waals surface area contributed by atoms with E-state index in [2.05, 4.69) is 15.9 Å². The zero-order valence-corrected chi connectivity index (χ0v) is 12.0. The number of amides is 2. The Balaban J connectivity index is 2.24. The van der Waals surface area contributed by atoms with Crippen LogP contribution < -0.4 is 0 Å². The van der Waals surface area contributed by atoms with E-state index >= 15 is 0 Å². The van der Waals surface area contributed by atoms with Crippen LogP contribution in [-0.2, 0) is 9.59 Å². The van der Waals surface area contributed by atoms with Gasteiger partial charge in [0, 0.05) is 31.9 Å². The van der Waals surface area contributed by atoms with Crippen LogP contribution in [0.15, 0.2) is 0 Å². The minimum absolute atomic E-state index is 0.0681. The molecule has 1 rings (SSSR count). The minimum atomic E-state index is 0.0681. The van der Waals surface area contributed by atoms with Crippen LogP contribution in [0, 0.1) is 0 Å². The summed E-state index contributed by atoms with van der Waals surface area (Å²) in [5.74, 6) is 0.150. The van der Waals surface area contributed by atoms with Crippen molar-refractivity contribution in [2.24, 2.45) is 0 Å². The number of carbonyl (C=O) groups excluding carboxylic acids is 2. The molecule has 0 aromatic rings. The zero-order chi connectivity index (χ0) is 12.7. The first-order chi connectivity index (χ1) is 8.15. The minimum Gasteiger partial charge on any atom is -0.341 e. The molecule has 98 valence electrons. The van der Waals surface area contributed by atoms with Crippen molar-refractivity contribution in [3.8, 4) is 0 Å². The zero-order valence-electron chi connectivity index (χ0n) is 10.5. The third-order valence-corrected chi connectivity index (χ3v) is 3.59. The van der Waals surface area contributed by atoms with Crippen LogP contribution in [0.2, 0.25) is 0 Å². The van der Waals surface area contributed by atoms with Crippen molar-refractivity contribution in [2.75, 3.05) is 32.0 Å². The Morgan fingerprint density at radius 3 is 2.47 bits per heavy atom. The molecule has 0 bridgehead atoms. The molecule has 0 unspecified atom stereocenters. The van der Waals surface area contributed by atoms with Crippen LogP contribution >= 0.6 is 15.9 Å². The van der Waals surface area contributed by atoms with Crippen molar-refractivity contribution < 1.29 is 9.59 Å². The monoisotopic (exact) mass is 304 g/mol. The SMILES string of the molecule is CN(CC(=O)N1CCCC1)C(=O)CCCCBr. The number of halogens is 1. The van der Waals surface area contributed by atoms with Crippen molar-refractivity contribution in [3.05, 3.63) is 0 Å². The maximum Gasteiger partial charge on any atom is 0.242 e. The van der Waals surface area contributed by atoms with E-state index in [0.29, 0.717) is 6.42 Å². The Kier molecular flexibility index (Phi) is 6.55. The third kappa shape index (κ3) is 5.06. The fourth-order valence-corrected chi connectivity index (χ4v) is 2.32. The highest BCUT2D eigenvalue weighted by Gasteiger charge is 2.20. The second kappa shape index (κ2) is 7.69. The highest BCUT2D eigenvalue weighted by Crippen LogP contribution is 2.08. The quantitative estimate of drug-likeness (QED) is 0.553. The molecule has 0 saturated carbocycles. The van der Waals surface area contributed by atoms with Gasteiger partial charge in [-0.3, -0.25) is 9.59 Å². The molecule has 0 radical (unpaired) electrons. The van der Waals surface area contributed by atoms with Crippen molar-refractivity contribution in [2.45, 2.75) is 32.1 Å². The van der Waals surface area contributed by atoms with E-state index < -0.39 is 0 Å². The number of likely N-dealkylation sites (N-methyl/N-ethyl adjacent to an activating group) is 1. The summed E-state index contributed by atoms with van der Waals surface area (Å²) in [5, 5.41) is 0.927. The normalized spacial score (nSPS) is 15.1. The number of nitrogens with zero attached hydrogens (tertiary/aromatic N) is 2. The predicted octanol–water partition coefficient (Wildman–Crippen LogP) is 1.63. The van der Waals surface area contributed by atoms with Gasteiger partial charge >= 0.3 is 0 Å². The third-order valence-electron chi connectivity index (χ3n) is 3.03. The second-order valence-electron chi connectivity index (χ2n) is 4.48. The number of alkyl halides is 1. The molecular formula is C12H21BrN2O2. The van der Waals surface area contributed by atoms with Gasteiger partial charge in [0.15, 0.2) is 0 Å². The molecule has 1 fully saturated rings. The summed E-state index contributed by atoms with van der Waals surface area (Å²) in [6, 6.07) is 0. The van der Waals surface area contributed by atoms with Gasteiger partial charge in [0.25, 0.3) is 0 Å². The van der Waals surface area contributed by atoms with Gasteiger partial charge in [0.05, 0.1) is 6.54 Å². The lowest BCUT2D eigenvalue weighted by atomic mass is 10.2. The highest BCUT2D eigenvalue weighted by molar-refractivity contribution is 9.09. The van der Waals surface area contributed by atoms with E-state index in [1.54, 1.807) is 11.9 Å². The molecule has 0 N–H and O–H groups in total. The Hall–Kier alpha value is -0.580. The molecule has 1 saturated heterocycles. The largest absolute Gasteiger partial charge is 0.341 e. The van der Waals surface area contributed by atoms with Gasteiger partial charge in [-0.05, 0) is 25.7 Å². The molecule has 4 nitrogen and oxygen atoms in total. The summed E-state index contributed by atoms with van der Waals surface area (Å²) in [4.78, 5) is 26.9. The van der Waals surface area contributed by atoms with Gasteiger partial charge in [-0.1, -0.05) is 15.9 Å². The first-order valence-corrected chi connectivity index (χ1v) is 7.35. The fourth-order valence-electron chi connectivity index (χ4n) is 1.92. The number of rotatable bonds is 6. The van der Waals surface area contributed by atoms with E-state index in [1.165, 1.54) is 0 Å². The molecule has 0 atom stereocenters. The standard InChI is InChI=1S/C12H21BrN2O2/c1-14(11(16)6-2-3-7-13)10-12(17)15-8-4-5-9-15/h2-10H2,1H3. The summed E-state index contributed by atoms with van der Waals surface area (Å²) in [7, 11) is 1.71. The summed E-state index contributed by atoms with van der Waals surface area (Å²) in [6.45, 7) is 1.93. The molecule has 5 heteroatoms. The smallest absolute Gasteiger partial charge is 0.242 e. The lowest BCUT2D eigenvalue weighted by Crippen LogP contribution is -2.39. The molecule has 1 aliphatic heterocycles. The summed E-state index contributed by atoms with van der Waals surface area (Å²) >= 11 is 3.34. The molecule has 0 aliphatic carbocycles. The summed E-state index contributed by atoms with van der Waals surface area (Å²) in [5.41, 5.74) is 0. The van der Waals surface area contributed by atoms with E-state index in [4.69, 9.17) is 0 Å². The van der Waals surface area contributed by atoms with E-state index in [-0.39, 0.29) is 18.4 Å². The molecule has 2 amide bonds. The first-order valence-electron chi connectivity index (χ1n) is 6.23. The lowest BCUT2D eigenvalue weighted by molar-refractivity contribution is -0.138. The van der Waals surface area contributed by atoms with Crippen LogP contribution in [0.3, 0.4) is 0 Å². The maximum atomic E-state index is 11.8. The van der Waals surface area contributed by atoms with Gasteiger partial charge in [0.1, 0.15) is 0 Å². The van der Waals surface area contributed by atoms with Crippen molar-refractivity contribution in [1.82, 2.24) is 9.80 Å². The fraction of sp³-hybridized carbons (Fsp3) is 0.833. The molecule has 0 aromatic carbocycles. The van der Waals surface area contributed by atoms with E-state index in [1.807, 2.05) is 4.90 Å². The van der Waals surface area contributed by atoms with Gasteiger partial charge in [-0.2, -0.15) is 0 Å². The summed E-state index contributed by atoms with van der Waals surface area (Å²) < 4.78 is 0. The molecule has 17 heavy (non-hydrogen) atoms. The number of unbranched alkanes of at least 4 members (excludes halogenated alkanes) is 1. The average Bonchev–Trinajstić information content (AvgIpc) is 2.82. The number of hydrogen-bond donors (Lipinski definition) is 0. The Morgan fingerprint density at radius 1 is 1.24 bits per heavy atom. The number of carbonyl (C=O) groups is 2. The van der Waals surface area contributed by atoms with Crippen molar-refractivity contribution >= 4 is 27.7 Å². The van der Waals surface area contributed by atoms with Crippen molar-refractivity contribution in [1.29, 1.82) is 0 Å². The number of likely N-dealkylation sites (tertiary alicyclic amines) is 1. The molecule has 1 aliphatic rings. The highest BCUT2D eigenvalue weighted by atomic mass is 79.9. The first kappa shape index (κ1) is 14.5. The summed E-state index contributed by atoms with van der Waals surface area (Å²) in [6.07, 6.45) is 4.60. The van der Waals surface area contributed by atoms with Crippen LogP contribution in [0.4, 0.5) is 0 Å². The Labute approximate surface area is 111 Å². The molecular weight excluding hydrogens is 284 g/mol. The van der Waals surface area contributed by atoms with Gasteiger partial charge in [-0.15, -0.1) is 0 Å². The van der Waals surface area contributed by atoms with Crippen LogP contribution in [0.25, 0.3) is 0 Å². The molecule has 1 heterocycles.